The van der Waals surface area contributed by atoms with Gasteiger partial charge >= 0.3 is 0 Å². The van der Waals surface area contributed by atoms with Gasteiger partial charge in [-0.05, 0) is 24.4 Å². The highest BCUT2D eigenvalue weighted by Crippen LogP contribution is 2.34. The average Bonchev–Trinajstić information content (AvgIpc) is 3.27. The molecular formula is C16H28FN9O4S2. The van der Waals surface area contributed by atoms with Gasteiger partial charge in [-0.1, -0.05) is 0 Å². The van der Waals surface area contributed by atoms with Crippen LogP contribution in [0.15, 0.2) is 27.0 Å². The second-order valence-corrected chi connectivity index (χ2v) is 11.1. The first-order valence-electron chi connectivity index (χ1n) is 9.64. The van der Waals surface area contributed by atoms with Gasteiger partial charge in [0.1, 0.15) is 6.17 Å². The molecule has 0 saturated carbocycles. The number of piperidine rings is 1. The fourth-order valence-corrected chi connectivity index (χ4v) is 6.29. The number of sulfonamides is 1. The van der Waals surface area contributed by atoms with Crippen molar-refractivity contribution in [2.75, 3.05) is 31.1 Å². The minimum absolute atomic E-state index is 0.0578. The molecule has 1 aromatic carbocycles. The van der Waals surface area contributed by atoms with E-state index in [1.807, 2.05) is 0 Å². The third-order valence-corrected chi connectivity index (χ3v) is 7.80. The number of amidine groups is 1. The Kier molecular flexibility index (Phi) is 7.25. The fraction of sp³-hybridized carbons (Fsp3) is 0.500. The van der Waals surface area contributed by atoms with Crippen molar-refractivity contribution in [1.82, 2.24) is 21.2 Å². The second kappa shape index (κ2) is 9.44. The Bertz CT molecular complexity index is 1100. The van der Waals surface area contributed by atoms with E-state index >= 15 is 0 Å². The van der Waals surface area contributed by atoms with Crippen molar-refractivity contribution >= 4 is 37.1 Å². The molecule has 1 saturated heterocycles. The van der Waals surface area contributed by atoms with E-state index in [2.05, 4.69) is 32.2 Å². The van der Waals surface area contributed by atoms with Gasteiger partial charge in [0.15, 0.2) is 5.84 Å². The van der Waals surface area contributed by atoms with Gasteiger partial charge in [-0.25, -0.2) is 27.3 Å². The number of aliphatic hydroxyl groups excluding tert-OH is 1. The van der Waals surface area contributed by atoms with Crippen molar-refractivity contribution in [2.45, 2.75) is 34.5 Å². The Morgan fingerprint density at radius 2 is 2.12 bits per heavy atom. The van der Waals surface area contributed by atoms with Crippen LogP contribution in [0, 0.1) is 0 Å². The lowest BCUT2D eigenvalue weighted by Crippen LogP contribution is -2.49. The van der Waals surface area contributed by atoms with Crippen LogP contribution < -0.4 is 42.7 Å². The Hall–Kier alpha value is -2.05. The molecule has 0 radical (unpaired) electrons. The Labute approximate surface area is 185 Å². The van der Waals surface area contributed by atoms with E-state index in [9.17, 15) is 22.1 Å². The van der Waals surface area contributed by atoms with Crippen LogP contribution in [0.3, 0.4) is 0 Å². The van der Waals surface area contributed by atoms with Crippen molar-refractivity contribution in [3.05, 3.63) is 17.7 Å². The number of hydrazone groups is 1. The number of benzene rings is 1. The molecule has 2 aliphatic rings. The van der Waals surface area contributed by atoms with E-state index in [-0.39, 0.29) is 35.9 Å². The quantitative estimate of drug-likeness (QED) is 0.166. The van der Waals surface area contributed by atoms with Crippen LogP contribution in [-0.4, -0.2) is 73.9 Å². The number of nitrogens with zero attached hydrogens (tertiary/aromatic N) is 2. The van der Waals surface area contributed by atoms with Gasteiger partial charge in [0, 0.05) is 31.4 Å². The second-order valence-electron chi connectivity index (χ2n) is 7.49. The van der Waals surface area contributed by atoms with Crippen LogP contribution in [0.5, 0.6) is 0 Å². The first-order chi connectivity index (χ1) is 15.0. The summed E-state index contributed by atoms with van der Waals surface area (Å²) in [7, 11) is -7.94. The summed E-state index contributed by atoms with van der Waals surface area (Å²) in [6, 6.07) is 2.04. The minimum Gasteiger partial charge on any atom is -0.390 e. The molecule has 11 N–H and O–H groups in total. The zero-order valence-corrected chi connectivity index (χ0v) is 18.8. The minimum atomic E-state index is -4.30. The van der Waals surface area contributed by atoms with Crippen LogP contribution in [0.1, 0.15) is 12.0 Å². The fourth-order valence-electron chi connectivity index (χ4n) is 3.43. The first-order valence-corrected chi connectivity index (χ1v) is 12.9. The molecule has 4 atom stereocenters. The van der Waals surface area contributed by atoms with E-state index < -0.39 is 42.9 Å². The largest absolute Gasteiger partial charge is 0.390 e. The summed E-state index contributed by atoms with van der Waals surface area (Å²) in [5, 5.41) is 19.5. The van der Waals surface area contributed by atoms with Gasteiger partial charge < -0.3 is 21.5 Å². The third-order valence-electron chi connectivity index (χ3n) is 5.09. The zero-order chi connectivity index (χ0) is 23.7. The van der Waals surface area contributed by atoms with Crippen LogP contribution in [0.25, 0.3) is 0 Å². The number of hydrazine groups is 2. The first kappa shape index (κ1) is 24.6. The summed E-state index contributed by atoms with van der Waals surface area (Å²) in [4.78, 5) is 0.944. The molecule has 0 aliphatic carbocycles. The van der Waals surface area contributed by atoms with Crippen molar-refractivity contribution < 1.29 is 22.1 Å². The standard InChI is InChI=1S/C16H28FN9O4S2/c1-31(20,28)15-13(32(29,30)21-7-9(27)6-18)3-2-12(14(15)16-22-24-25-23-16)26-5-4-11(19)10(17)8-26/h2-3,9-11,21,24-25,27H,1,4-8,18-19H2,(H2,20,28)(H,22,23)/t9-,10+,11-,31?/m1/s1. The average molecular weight is 494 g/mol. The molecule has 32 heavy (non-hydrogen) atoms. The van der Waals surface area contributed by atoms with Crippen LogP contribution in [0.4, 0.5) is 10.1 Å². The van der Waals surface area contributed by atoms with E-state index in [1.165, 1.54) is 12.1 Å². The number of halogens is 1. The summed E-state index contributed by atoms with van der Waals surface area (Å²) in [6.07, 6.45) is -2.09. The molecular weight excluding hydrogens is 465 g/mol. The highest BCUT2D eigenvalue weighted by Gasteiger charge is 2.34. The highest BCUT2D eigenvalue weighted by atomic mass is 32.2. The highest BCUT2D eigenvalue weighted by molar-refractivity contribution is 7.99. The molecule has 13 nitrogen and oxygen atoms in total. The summed E-state index contributed by atoms with van der Waals surface area (Å²) in [5.74, 6) is 3.56. The van der Waals surface area contributed by atoms with E-state index in [0.29, 0.717) is 18.7 Å². The Morgan fingerprint density at radius 3 is 2.69 bits per heavy atom. The van der Waals surface area contributed by atoms with Crippen molar-refractivity contribution in [2.24, 2.45) is 21.7 Å². The normalized spacial score (nSPS) is 24.3. The molecule has 0 aromatic heterocycles. The number of aliphatic hydroxyl groups is 1. The molecule has 0 spiro atoms. The predicted molar refractivity (Wildman–Crippen MR) is 120 cm³/mol. The van der Waals surface area contributed by atoms with E-state index in [4.69, 9.17) is 16.6 Å². The topological polar surface area (TPSA) is 213 Å². The molecule has 1 unspecified atom stereocenters. The van der Waals surface area contributed by atoms with Gasteiger partial charge in [-0.2, -0.15) is 0 Å². The molecule has 16 heteroatoms. The monoisotopic (exact) mass is 493 g/mol. The SMILES string of the molecule is C=S(N)(=O)c1c(S(=O)(=O)NC[C@H](O)CN)ccc(N2CC[C@@H](N)[C@@H](F)C2)c1C1=NNNN1. The van der Waals surface area contributed by atoms with Crippen LogP contribution >= 0.6 is 0 Å². The lowest BCUT2D eigenvalue weighted by atomic mass is 10.0. The summed E-state index contributed by atoms with van der Waals surface area (Å²) in [5.41, 5.74) is 19.2. The van der Waals surface area contributed by atoms with Crippen LogP contribution in [0.2, 0.25) is 0 Å². The number of rotatable bonds is 8. The summed E-state index contributed by atoms with van der Waals surface area (Å²) in [6.45, 7) is -0.216. The molecule has 2 heterocycles. The number of alkyl halides is 1. The van der Waals surface area contributed by atoms with Gasteiger partial charge in [0.25, 0.3) is 0 Å². The lowest BCUT2D eigenvalue weighted by Gasteiger charge is -2.36. The summed E-state index contributed by atoms with van der Waals surface area (Å²) < 4.78 is 55.7. The molecule has 0 bridgehead atoms. The predicted octanol–water partition coefficient (Wildman–Crippen LogP) is -3.62. The summed E-state index contributed by atoms with van der Waals surface area (Å²) >= 11 is 0. The van der Waals surface area contributed by atoms with Gasteiger partial charge in [0.2, 0.25) is 10.0 Å². The van der Waals surface area contributed by atoms with Crippen molar-refractivity contribution in [1.29, 1.82) is 0 Å². The molecule has 180 valence electrons. The maximum absolute atomic E-state index is 14.4. The Morgan fingerprint density at radius 1 is 1.41 bits per heavy atom. The molecule has 1 aromatic rings. The number of anilines is 1. The van der Waals surface area contributed by atoms with E-state index in [0.717, 1.165) is 0 Å². The smallest absolute Gasteiger partial charge is 0.241 e. The number of hydrogen-bond donors (Lipinski definition) is 8. The maximum atomic E-state index is 14.4. The maximum Gasteiger partial charge on any atom is 0.241 e. The Balaban J connectivity index is 2.20. The number of hydrogen-bond acceptors (Lipinski definition) is 11. The third kappa shape index (κ3) is 5.12. The number of nitrogens with two attached hydrogens (primary N) is 3. The van der Waals surface area contributed by atoms with E-state index in [1.54, 1.807) is 4.90 Å². The van der Waals surface area contributed by atoms with Gasteiger partial charge in [-0.3, -0.25) is 10.6 Å². The molecule has 3 rings (SSSR count). The molecule has 1 fully saturated rings. The van der Waals surface area contributed by atoms with Crippen molar-refractivity contribution in [3.63, 3.8) is 0 Å². The lowest BCUT2D eigenvalue weighted by molar-refractivity contribution is 0.186. The van der Waals surface area contributed by atoms with Gasteiger partial charge in [-0.15, -0.1) is 10.6 Å². The van der Waals surface area contributed by atoms with Crippen molar-refractivity contribution in [3.8, 4) is 0 Å². The van der Waals surface area contributed by atoms with Gasteiger partial charge in [0.05, 0.1) is 37.7 Å². The zero-order valence-electron chi connectivity index (χ0n) is 17.1. The molecule has 0 amide bonds. The number of nitrogens with one attached hydrogen (secondary N) is 4. The van der Waals surface area contributed by atoms with Crippen LogP contribution in [-0.2, 0) is 19.7 Å². The molecule has 2 aliphatic heterocycles.